The fourth-order valence-corrected chi connectivity index (χ4v) is 1.39. The number of esters is 1. The van der Waals surface area contributed by atoms with Crippen molar-refractivity contribution in [2.45, 2.75) is 46.1 Å². The van der Waals surface area contributed by atoms with Crippen molar-refractivity contribution in [1.82, 2.24) is 5.32 Å². The first kappa shape index (κ1) is 15.4. The molecule has 0 radical (unpaired) electrons. The number of aliphatic hydroxyl groups is 1. The molecule has 0 heterocycles. The van der Waals surface area contributed by atoms with Crippen molar-refractivity contribution in [3.63, 3.8) is 0 Å². The summed E-state index contributed by atoms with van der Waals surface area (Å²) in [7, 11) is 0. The van der Waals surface area contributed by atoms with E-state index >= 15 is 0 Å². The highest BCUT2D eigenvalue weighted by Gasteiger charge is 2.22. The normalized spacial score (nSPS) is 13.6. The molecule has 0 aromatic rings. The van der Waals surface area contributed by atoms with Crippen LogP contribution < -0.4 is 5.32 Å². The molecule has 0 fully saturated rings. The molecule has 0 rings (SSSR count). The Labute approximate surface area is 98.4 Å². The molecular weight excluding hydrogens is 206 g/mol. The maximum Gasteiger partial charge on any atom is 0.309 e. The molecule has 4 heteroatoms. The van der Waals surface area contributed by atoms with Crippen molar-refractivity contribution >= 4 is 5.97 Å². The zero-order valence-corrected chi connectivity index (χ0v) is 10.9. The van der Waals surface area contributed by atoms with Gasteiger partial charge in [0.2, 0.25) is 0 Å². The van der Waals surface area contributed by atoms with Gasteiger partial charge in [0.25, 0.3) is 0 Å². The van der Waals surface area contributed by atoms with Crippen LogP contribution in [0.5, 0.6) is 0 Å². The SMILES string of the molecule is CCOC(=O)C(C)CNCC(O)(CC)CC. The molecule has 0 saturated heterocycles. The van der Waals surface area contributed by atoms with Gasteiger partial charge in [-0.05, 0) is 19.8 Å². The smallest absolute Gasteiger partial charge is 0.309 e. The van der Waals surface area contributed by atoms with Gasteiger partial charge in [-0.3, -0.25) is 4.79 Å². The lowest BCUT2D eigenvalue weighted by atomic mass is 9.97. The number of ether oxygens (including phenoxy) is 1. The molecule has 0 spiro atoms. The summed E-state index contributed by atoms with van der Waals surface area (Å²) >= 11 is 0. The van der Waals surface area contributed by atoms with Crippen molar-refractivity contribution in [2.75, 3.05) is 19.7 Å². The highest BCUT2D eigenvalue weighted by Crippen LogP contribution is 2.12. The number of hydrogen-bond acceptors (Lipinski definition) is 4. The van der Waals surface area contributed by atoms with E-state index in [9.17, 15) is 9.90 Å². The van der Waals surface area contributed by atoms with Gasteiger partial charge >= 0.3 is 5.97 Å². The molecule has 0 aliphatic heterocycles. The maximum atomic E-state index is 11.3. The molecular formula is C12H25NO3. The molecule has 0 aliphatic carbocycles. The molecule has 0 bridgehead atoms. The number of rotatable bonds is 8. The van der Waals surface area contributed by atoms with E-state index in [2.05, 4.69) is 5.32 Å². The summed E-state index contributed by atoms with van der Waals surface area (Å²) in [6.45, 7) is 9.01. The molecule has 16 heavy (non-hydrogen) atoms. The molecule has 0 aromatic heterocycles. The van der Waals surface area contributed by atoms with E-state index in [1.165, 1.54) is 0 Å². The zero-order valence-electron chi connectivity index (χ0n) is 10.9. The van der Waals surface area contributed by atoms with Crippen molar-refractivity contribution in [3.8, 4) is 0 Å². The average Bonchev–Trinajstić information content (AvgIpc) is 2.29. The Bertz CT molecular complexity index is 202. The Morgan fingerprint density at radius 2 is 1.94 bits per heavy atom. The quantitative estimate of drug-likeness (QED) is 0.619. The van der Waals surface area contributed by atoms with Crippen LogP contribution in [0, 0.1) is 5.92 Å². The van der Waals surface area contributed by atoms with Crippen molar-refractivity contribution in [2.24, 2.45) is 5.92 Å². The van der Waals surface area contributed by atoms with Gasteiger partial charge in [-0.2, -0.15) is 0 Å². The van der Waals surface area contributed by atoms with E-state index in [4.69, 9.17) is 4.74 Å². The first-order valence-electron chi connectivity index (χ1n) is 6.08. The Morgan fingerprint density at radius 1 is 1.38 bits per heavy atom. The second-order valence-electron chi connectivity index (χ2n) is 4.22. The number of carbonyl (C=O) groups is 1. The van der Waals surface area contributed by atoms with E-state index in [1.54, 1.807) is 6.92 Å². The molecule has 2 N–H and O–H groups in total. The topological polar surface area (TPSA) is 58.6 Å². The van der Waals surface area contributed by atoms with Gasteiger partial charge in [0, 0.05) is 13.1 Å². The Hall–Kier alpha value is -0.610. The minimum Gasteiger partial charge on any atom is -0.466 e. The third kappa shape index (κ3) is 5.47. The zero-order chi connectivity index (χ0) is 12.6. The molecule has 0 saturated carbocycles. The van der Waals surface area contributed by atoms with Crippen LogP contribution in [0.2, 0.25) is 0 Å². The van der Waals surface area contributed by atoms with Crippen LogP contribution in [0.15, 0.2) is 0 Å². The largest absolute Gasteiger partial charge is 0.466 e. The van der Waals surface area contributed by atoms with Crippen LogP contribution in [0.25, 0.3) is 0 Å². The predicted molar refractivity (Wildman–Crippen MR) is 64.2 cm³/mol. The summed E-state index contributed by atoms with van der Waals surface area (Å²) in [6, 6.07) is 0. The summed E-state index contributed by atoms with van der Waals surface area (Å²) in [5.74, 6) is -0.357. The van der Waals surface area contributed by atoms with Gasteiger partial charge < -0.3 is 15.2 Å². The summed E-state index contributed by atoms with van der Waals surface area (Å²) in [6.07, 6.45) is 1.43. The molecule has 0 aliphatic rings. The van der Waals surface area contributed by atoms with Crippen molar-refractivity contribution in [1.29, 1.82) is 0 Å². The summed E-state index contributed by atoms with van der Waals surface area (Å²) in [5.41, 5.74) is -0.658. The van der Waals surface area contributed by atoms with Gasteiger partial charge in [0.1, 0.15) is 0 Å². The van der Waals surface area contributed by atoms with Gasteiger partial charge in [-0.15, -0.1) is 0 Å². The predicted octanol–water partition coefficient (Wildman–Crippen LogP) is 1.33. The first-order chi connectivity index (χ1) is 7.49. The fraction of sp³-hybridized carbons (Fsp3) is 0.917. The monoisotopic (exact) mass is 231 g/mol. The first-order valence-corrected chi connectivity index (χ1v) is 6.08. The standard InChI is InChI=1S/C12H25NO3/c1-5-12(15,6-2)9-13-8-10(4)11(14)16-7-3/h10,13,15H,5-9H2,1-4H3. The summed E-state index contributed by atoms with van der Waals surface area (Å²) in [5, 5.41) is 13.1. The van der Waals surface area contributed by atoms with E-state index in [0.29, 0.717) is 32.5 Å². The maximum absolute atomic E-state index is 11.3. The molecule has 0 amide bonds. The van der Waals surface area contributed by atoms with E-state index in [1.807, 2.05) is 20.8 Å². The molecule has 4 nitrogen and oxygen atoms in total. The lowest BCUT2D eigenvalue weighted by molar-refractivity contribution is -0.147. The third-order valence-electron chi connectivity index (χ3n) is 2.91. The lowest BCUT2D eigenvalue weighted by Gasteiger charge is -2.26. The van der Waals surface area contributed by atoms with Crippen LogP contribution in [-0.4, -0.2) is 36.4 Å². The van der Waals surface area contributed by atoms with Crippen LogP contribution >= 0.6 is 0 Å². The van der Waals surface area contributed by atoms with Crippen LogP contribution in [0.1, 0.15) is 40.5 Å². The minimum absolute atomic E-state index is 0.169. The fourth-order valence-electron chi connectivity index (χ4n) is 1.39. The van der Waals surface area contributed by atoms with Crippen LogP contribution in [-0.2, 0) is 9.53 Å². The number of nitrogens with one attached hydrogen (secondary N) is 1. The van der Waals surface area contributed by atoms with E-state index in [0.717, 1.165) is 0 Å². The molecule has 96 valence electrons. The van der Waals surface area contributed by atoms with Gasteiger partial charge in [-0.25, -0.2) is 0 Å². The summed E-state index contributed by atoms with van der Waals surface area (Å²) < 4.78 is 4.90. The summed E-state index contributed by atoms with van der Waals surface area (Å²) in [4.78, 5) is 11.3. The van der Waals surface area contributed by atoms with Gasteiger partial charge in [0.15, 0.2) is 0 Å². The van der Waals surface area contributed by atoms with Gasteiger partial charge in [-0.1, -0.05) is 20.8 Å². The van der Waals surface area contributed by atoms with Crippen LogP contribution in [0.3, 0.4) is 0 Å². The van der Waals surface area contributed by atoms with E-state index < -0.39 is 5.60 Å². The molecule has 1 atom stereocenters. The molecule has 1 unspecified atom stereocenters. The van der Waals surface area contributed by atoms with Crippen LogP contribution in [0.4, 0.5) is 0 Å². The second-order valence-corrected chi connectivity index (χ2v) is 4.22. The highest BCUT2D eigenvalue weighted by atomic mass is 16.5. The number of hydrogen-bond donors (Lipinski definition) is 2. The number of carbonyl (C=O) groups excluding carboxylic acids is 1. The van der Waals surface area contributed by atoms with Crippen molar-refractivity contribution < 1.29 is 14.6 Å². The molecule has 0 aromatic carbocycles. The van der Waals surface area contributed by atoms with Crippen molar-refractivity contribution in [3.05, 3.63) is 0 Å². The Kier molecular flexibility index (Phi) is 7.34. The van der Waals surface area contributed by atoms with E-state index in [-0.39, 0.29) is 11.9 Å². The average molecular weight is 231 g/mol. The Morgan fingerprint density at radius 3 is 2.38 bits per heavy atom. The third-order valence-corrected chi connectivity index (χ3v) is 2.91. The highest BCUT2D eigenvalue weighted by molar-refractivity contribution is 5.72. The Balaban J connectivity index is 3.84. The lowest BCUT2D eigenvalue weighted by Crippen LogP contribution is -2.41. The second kappa shape index (κ2) is 7.63. The minimum atomic E-state index is -0.658. The van der Waals surface area contributed by atoms with Gasteiger partial charge in [0.05, 0.1) is 18.1 Å².